The summed E-state index contributed by atoms with van der Waals surface area (Å²) < 4.78 is 11.5. The molecule has 0 aromatic heterocycles. The Labute approximate surface area is 176 Å². The smallest absolute Gasteiger partial charge is 0.303 e. The Bertz CT molecular complexity index is 544. The van der Waals surface area contributed by atoms with E-state index >= 15 is 0 Å². The van der Waals surface area contributed by atoms with E-state index in [9.17, 15) is 9.90 Å². The van der Waals surface area contributed by atoms with Crippen molar-refractivity contribution in [1.82, 2.24) is 0 Å². The molecule has 5 heteroatoms. The number of aromatic hydroxyl groups is 1. The largest absolute Gasteiger partial charge is 0.508 e. The number of hydrogen-bond acceptors (Lipinski definition) is 4. The number of aliphatic carboxylic acids is 1. The van der Waals surface area contributed by atoms with E-state index in [1.54, 1.807) is 12.1 Å². The van der Waals surface area contributed by atoms with Crippen molar-refractivity contribution in [2.75, 3.05) is 13.2 Å². The molecule has 0 fully saturated rings. The molecule has 0 bridgehead atoms. The number of phenolic OH excluding ortho intramolecular Hbond substituents is 1. The molecule has 166 valence electrons. The van der Waals surface area contributed by atoms with Crippen LogP contribution in [0.1, 0.15) is 96.8 Å². The topological polar surface area (TPSA) is 76.0 Å². The Morgan fingerprint density at radius 3 is 1.66 bits per heavy atom. The van der Waals surface area contributed by atoms with Gasteiger partial charge in [0.05, 0.1) is 13.2 Å². The molecule has 0 atom stereocenters. The number of carbonyl (C=O) groups is 1. The molecule has 0 aliphatic rings. The zero-order valence-corrected chi connectivity index (χ0v) is 18.2. The average molecular weight is 409 g/mol. The minimum atomic E-state index is -0.696. The number of ether oxygens (including phenoxy) is 2. The lowest BCUT2D eigenvalue weighted by Crippen LogP contribution is -2.00. The highest BCUT2D eigenvalue weighted by Crippen LogP contribution is 2.27. The molecule has 5 nitrogen and oxygen atoms in total. The van der Waals surface area contributed by atoms with Crippen LogP contribution in [0.25, 0.3) is 0 Å². The van der Waals surface area contributed by atoms with Crippen LogP contribution in [-0.2, 0) is 4.79 Å². The van der Waals surface area contributed by atoms with Crippen LogP contribution in [0.3, 0.4) is 0 Å². The maximum Gasteiger partial charge on any atom is 0.303 e. The first-order valence-corrected chi connectivity index (χ1v) is 11.4. The van der Waals surface area contributed by atoms with Gasteiger partial charge in [0.1, 0.15) is 17.2 Å². The number of phenols is 1. The van der Waals surface area contributed by atoms with Crippen LogP contribution in [0, 0.1) is 0 Å². The first-order chi connectivity index (χ1) is 14.1. The van der Waals surface area contributed by atoms with Gasteiger partial charge in [0, 0.05) is 24.6 Å². The van der Waals surface area contributed by atoms with E-state index < -0.39 is 5.97 Å². The first-order valence-electron chi connectivity index (χ1n) is 11.4. The van der Waals surface area contributed by atoms with Gasteiger partial charge < -0.3 is 19.7 Å². The SMILES string of the molecule is CCCCCCCOc1cc(O)cc(OCCCCCCCCCCC(=O)O)c1. The van der Waals surface area contributed by atoms with Crippen molar-refractivity contribution >= 4 is 5.97 Å². The molecular weight excluding hydrogens is 368 g/mol. The van der Waals surface area contributed by atoms with Crippen molar-refractivity contribution in [3.8, 4) is 17.2 Å². The second-order valence-electron chi connectivity index (χ2n) is 7.75. The van der Waals surface area contributed by atoms with Gasteiger partial charge in [0.15, 0.2) is 0 Å². The highest BCUT2D eigenvalue weighted by molar-refractivity contribution is 5.66. The molecule has 0 radical (unpaired) electrons. The molecule has 1 rings (SSSR count). The first kappa shape index (κ1) is 25.1. The molecule has 29 heavy (non-hydrogen) atoms. The molecule has 0 heterocycles. The summed E-state index contributed by atoms with van der Waals surface area (Å²) in [5.74, 6) is 0.798. The summed E-state index contributed by atoms with van der Waals surface area (Å²) in [6, 6.07) is 5.11. The summed E-state index contributed by atoms with van der Waals surface area (Å²) in [6.45, 7) is 3.51. The molecule has 0 aliphatic carbocycles. The molecule has 1 aromatic rings. The Hall–Kier alpha value is -1.91. The Morgan fingerprint density at radius 2 is 1.17 bits per heavy atom. The second-order valence-corrected chi connectivity index (χ2v) is 7.75. The number of rotatable bonds is 19. The van der Waals surface area contributed by atoms with E-state index in [0.717, 1.165) is 38.5 Å². The maximum absolute atomic E-state index is 10.4. The third-order valence-electron chi connectivity index (χ3n) is 4.94. The summed E-state index contributed by atoms with van der Waals surface area (Å²) in [6.07, 6.45) is 14.8. The van der Waals surface area contributed by atoms with Gasteiger partial charge in [-0.25, -0.2) is 0 Å². The Balaban J connectivity index is 2.07. The van der Waals surface area contributed by atoms with Gasteiger partial charge in [-0.2, -0.15) is 0 Å². The number of carboxylic acid groups (broad SMARTS) is 1. The molecule has 0 spiro atoms. The lowest BCUT2D eigenvalue weighted by molar-refractivity contribution is -0.137. The zero-order valence-electron chi connectivity index (χ0n) is 18.2. The zero-order chi connectivity index (χ0) is 21.2. The fourth-order valence-electron chi connectivity index (χ4n) is 3.25. The van der Waals surface area contributed by atoms with E-state index in [4.69, 9.17) is 14.6 Å². The number of hydrogen-bond donors (Lipinski definition) is 2. The molecular formula is C24H40O5. The van der Waals surface area contributed by atoms with Crippen LogP contribution in [0.4, 0.5) is 0 Å². The van der Waals surface area contributed by atoms with E-state index in [-0.39, 0.29) is 12.2 Å². The van der Waals surface area contributed by atoms with E-state index in [1.165, 1.54) is 44.9 Å². The molecule has 0 saturated carbocycles. The molecule has 2 N–H and O–H groups in total. The third-order valence-corrected chi connectivity index (χ3v) is 4.94. The van der Waals surface area contributed by atoms with Crippen LogP contribution in [0.15, 0.2) is 18.2 Å². The molecule has 0 unspecified atom stereocenters. The van der Waals surface area contributed by atoms with E-state index in [2.05, 4.69) is 6.92 Å². The van der Waals surface area contributed by atoms with Gasteiger partial charge in [-0.1, -0.05) is 71.1 Å². The summed E-state index contributed by atoms with van der Waals surface area (Å²) in [4.78, 5) is 10.4. The minimum Gasteiger partial charge on any atom is -0.508 e. The normalized spacial score (nSPS) is 10.8. The van der Waals surface area contributed by atoms with E-state index in [1.807, 2.05) is 6.07 Å². The van der Waals surface area contributed by atoms with Gasteiger partial charge in [-0.05, 0) is 19.3 Å². The van der Waals surface area contributed by atoms with Crippen LogP contribution in [0.5, 0.6) is 17.2 Å². The standard InChI is InChI=1S/C24H40O5/c1-2-3-4-10-13-16-28-22-18-21(25)19-23(20-22)29-17-14-11-8-6-5-7-9-12-15-24(26)27/h18-20,25H,2-17H2,1H3,(H,26,27). The van der Waals surface area contributed by atoms with Crippen molar-refractivity contribution in [2.24, 2.45) is 0 Å². The van der Waals surface area contributed by atoms with Crippen LogP contribution >= 0.6 is 0 Å². The minimum absolute atomic E-state index is 0.173. The van der Waals surface area contributed by atoms with Gasteiger partial charge in [0.25, 0.3) is 0 Å². The monoisotopic (exact) mass is 408 g/mol. The van der Waals surface area contributed by atoms with Crippen LogP contribution in [-0.4, -0.2) is 29.4 Å². The van der Waals surface area contributed by atoms with Crippen molar-refractivity contribution in [1.29, 1.82) is 0 Å². The summed E-state index contributed by atoms with van der Waals surface area (Å²) in [5.41, 5.74) is 0. The molecule has 1 aromatic carbocycles. The average Bonchev–Trinajstić information content (AvgIpc) is 2.68. The van der Waals surface area contributed by atoms with Gasteiger partial charge in [-0.3, -0.25) is 4.79 Å². The van der Waals surface area contributed by atoms with Crippen molar-refractivity contribution in [3.63, 3.8) is 0 Å². The van der Waals surface area contributed by atoms with Gasteiger partial charge >= 0.3 is 5.97 Å². The highest BCUT2D eigenvalue weighted by atomic mass is 16.5. The summed E-state index contributed by atoms with van der Waals surface area (Å²) >= 11 is 0. The fourth-order valence-corrected chi connectivity index (χ4v) is 3.25. The van der Waals surface area contributed by atoms with Gasteiger partial charge in [-0.15, -0.1) is 0 Å². The van der Waals surface area contributed by atoms with Crippen molar-refractivity contribution < 1.29 is 24.5 Å². The Kier molecular flexibility index (Phi) is 14.7. The van der Waals surface area contributed by atoms with Crippen molar-refractivity contribution in [2.45, 2.75) is 96.8 Å². The summed E-state index contributed by atoms with van der Waals surface area (Å²) in [7, 11) is 0. The summed E-state index contributed by atoms with van der Waals surface area (Å²) in [5, 5.41) is 18.5. The van der Waals surface area contributed by atoms with Crippen molar-refractivity contribution in [3.05, 3.63) is 18.2 Å². The maximum atomic E-state index is 10.4. The second kappa shape index (κ2) is 17.0. The third kappa shape index (κ3) is 14.7. The lowest BCUT2D eigenvalue weighted by Gasteiger charge is -2.11. The molecule has 0 amide bonds. The fraction of sp³-hybridized carbons (Fsp3) is 0.708. The van der Waals surface area contributed by atoms with E-state index in [0.29, 0.717) is 24.7 Å². The van der Waals surface area contributed by atoms with Gasteiger partial charge in [0.2, 0.25) is 0 Å². The predicted molar refractivity (Wildman–Crippen MR) is 117 cm³/mol. The quantitative estimate of drug-likeness (QED) is 0.249. The lowest BCUT2D eigenvalue weighted by atomic mass is 10.1. The molecule has 0 saturated heterocycles. The van der Waals surface area contributed by atoms with Crippen LogP contribution in [0.2, 0.25) is 0 Å². The number of carboxylic acids is 1. The molecule has 0 aliphatic heterocycles. The highest BCUT2D eigenvalue weighted by Gasteiger charge is 2.03. The Morgan fingerprint density at radius 1 is 0.724 bits per heavy atom. The number of benzene rings is 1. The predicted octanol–water partition coefficient (Wildman–Crippen LogP) is 6.72. The number of unbranched alkanes of at least 4 members (excludes halogenated alkanes) is 11. The van der Waals surface area contributed by atoms with Crippen LogP contribution < -0.4 is 9.47 Å².